The van der Waals surface area contributed by atoms with Crippen LogP contribution in [0.3, 0.4) is 0 Å². The van der Waals surface area contributed by atoms with E-state index in [1.807, 2.05) is 55.5 Å². The third kappa shape index (κ3) is 6.00. The van der Waals surface area contributed by atoms with Gasteiger partial charge in [-0.15, -0.1) is 11.3 Å². The number of thiazole rings is 1. The summed E-state index contributed by atoms with van der Waals surface area (Å²) >= 11 is 2.86. The number of nitrogens with one attached hydrogen (secondary N) is 1. The first-order valence-corrected chi connectivity index (χ1v) is 12.2. The SMILES string of the molecule is CCOc1ccc2nc(SCC(=O)N/N=C/c3cn(CC(N)=O)nc3-c3ccccc3)sc2c1. The van der Waals surface area contributed by atoms with E-state index in [2.05, 4.69) is 20.6 Å². The molecule has 0 aliphatic carbocycles. The number of amides is 2. The third-order valence-electron chi connectivity index (χ3n) is 4.53. The highest BCUT2D eigenvalue weighted by molar-refractivity contribution is 8.01. The van der Waals surface area contributed by atoms with Crippen molar-refractivity contribution in [1.29, 1.82) is 0 Å². The van der Waals surface area contributed by atoms with Crippen molar-refractivity contribution in [3.63, 3.8) is 0 Å². The summed E-state index contributed by atoms with van der Waals surface area (Å²) in [7, 11) is 0. The number of aromatic nitrogens is 3. The Morgan fingerprint density at radius 2 is 2.09 bits per heavy atom. The number of benzene rings is 2. The van der Waals surface area contributed by atoms with Gasteiger partial charge in [-0.1, -0.05) is 42.1 Å². The van der Waals surface area contributed by atoms with E-state index in [1.165, 1.54) is 34.0 Å². The molecule has 0 bridgehead atoms. The predicted molar refractivity (Wildman–Crippen MR) is 134 cm³/mol. The molecule has 2 aromatic carbocycles. The van der Waals surface area contributed by atoms with Gasteiger partial charge >= 0.3 is 0 Å². The minimum absolute atomic E-state index is 0.0507. The number of thioether (sulfide) groups is 1. The second kappa shape index (κ2) is 10.9. The van der Waals surface area contributed by atoms with Gasteiger partial charge < -0.3 is 10.5 Å². The zero-order chi connectivity index (χ0) is 23.9. The van der Waals surface area contributed by atoms with Gasteiger partial charge in [-0.2, -0.15) is 10.2 Å². The van der Waals surface area contributed by atoms with Crippen molar-refractivity contribution < 1.29 is 14.3 Å². The number of primary amides is 1. The maximum atomic E-state index is 12.3. The van der Waals surface area contributed by atoms with Crippen LogP contribution in [-0.4, -0.2) is 45.2 Å². The summed E-state index contributed by atoms with van der Waals surface area (Å²) in [5, 5.41) is 8.49. The molecule has 2 aromatic heterocycles. The molecular weight excluding hydrogens is 472 g/mol. The minimum atomic E-state index is -0.500. The molecule has 0 fully saturated rings. The highest BCUT2D eigenvalue weighted by Crippen LogP contribution is 2.31. The average molecular weight is 495 g/mol. The summed E-state index contributed by atoms with van der Waals surface area (Å²) in [6.45, 7) is 2.49. The Bertz CT molecular complexity index is 1330. The first-order valence-electron chi connectivity index (χ1n) is 10.4. The fraction of sp³-hybridized carbons (Fsp3) is 0.174. The number of fused-ring (bicyclic) bond motifs is 1. The lowest BCUT2D eigenvalue weighted by Gasteiger charge is -2.00. The maximum Gasteiger partial charge on any atom is 0.250 e. The van der Waals surface area contributed by atoms with Gasteiger partial charge in [0.1, 0.15) is 18.0 Å². The fourth-order valence-corrected chi connectivity index (χ4v) is 5.02. The molecule has 174 valence electrons. The number of hydrogen-bond donors (Lipinski definition) is 2. The van der Waals surface area contributed by atoms with Gasteiger partial charge in [0, 0.05) is 17.3 Å². The number of nitrogens with zero attached hydrogens (tertiary/aromatic N) is 4. The minimum Gasteiger partial charge on any atom is -0.494 e. The van der Waals surface area contributed by atoms with Crippen molar-refractivity contribution in [2.75, 3.05) is 12.4 Å². The van der Waals surface area contributed by atoms with Crippen LogP contribution in [0.2, 0.25) is 0 Å². The van der Waals surface area contributed by atoms with E-state index in [1.54, 1.807) is 6.20 Å². The smallest absolute Gasteiger partial charge is 0.250 e. The Morgan fingerprint density at radius 1 is 1.26 bits per heavy atom. The second-order valence-corrected chi connectivity index (χ2v) is 9.34. The van der Waals surface area contributed by atoms with Crippen molar-refractivity contribution in [2.45, 2.75) is 17.8 Å². The molecule has 0 atom stereocenters. The van der Waals surface area contributed by atoms with Gasteiger partial charge in [-0.25, -0.2) is 10.4 Å². The molecule has 0 saturated heterocycles. The van der Waals surface area contributed by atoms with E-state index in [0.29, 0.717) is 17.9 Å². The molecule has 0 aliphatic rings. The van der Waals surface area contributed by atoms with Crippen molar-refractivity contribution in [1.82, 2.24) is 20.2 Å². The van der Waals surface area contributed by atoms with Crippen LogP contribution in [-0.2, 0) is 16.1 Å². The van der Waals surface area contributed by atoms with Crippen LogP contribution in [0.1, 0.15) is 12.5 Å². The number of carbonyl (C=O) groups excluding carboxylic acids is 2. The Balaban J connectivity index is 1.38. The Kier molecular flexibility index (Phi) is 7.55. The summed E-state index contributed by atoms with van der Waals surface area (Å²) in [5.74, 6) is 0.208. The molecule has 9 nitrogen and oxygen atoms in total. The molecule has 0 saturated carbocycles. The van der Waals surface area contributed by atoms with Crippen LogP contribution < -0.4 is 15.9 Å². The number of hydrazone groups is 1. The first kappa shape index (κ1) is 23.5. The van der Waals surface area contributed by atoms with E-state index in [-0.39, 0.29) is 18.2 Å². The maximum absolute atomic E-state index is 12.3. The summed E-state index contributed by atoms with van der Waals surface area (Å²) in [6, 6.07) is 15.2. The number of nitrogens with two attached hydrogens (primary N) is 1. The zero-order valence-corrected chi connectivity index (χ0v) is 19.9. The van der Waals surface area contributed by atoms with Crippen molar-refractivity contribution in [3.8, 4) is 17.0 Å². The normalized spacial score (nSPS) is 11.2. The third-order valence-corrected chi connectivity index (χ3v) is 6.69. The molecule has 11 heteroatoms. The molecule has 0 unspecified atom stereocenters. The molecule has 3 N–H and O–H groups in total. The predicted octanol–water partition coefficient (Wildman–Crippen LogP) is 3.29. The Hall–Kier alpha value is -3.70. The molecule has 0 spiro atoms. The molecule has 2 heterocycles. The van der Waals surface area contributed by atoms with Crippen molar-refractivity contribution in [2.24, 2.45) is 10.8 Å². The Labute approximate surface area is 204 Å². The van der Waals surface area contributed by atoms with Gasteiger partial charge in [-0.3, -0.25) is 14.3 Å². The average Bonchev–Trinajstić information content (AvgIpc) is 3.41. The number of ether oxygens (including phenoxy) is 1. The molecule has 34 heavy (non-hydrogen) atoms. The standard InChI is InChI=1S/C23H22N6O3S2/c1-2-32-17-8-9-18-19(10-17)34-23(26-18)33-14-21(31)27-25-11-16-12-29(13-20(24)30)28-22(16)15-6-4-3-5-7-15/h3-12H,2,13-14H2,1H3,(H2,24,30)(H,27,31)/b25-11+. The van der Waals surface area contributed by atoms with Crippen LogP contribution >= 0.6 is 23.1 Å². The highest BCUT2D eigenvalue weighted by Gasteiger charge is 2.12. The molecule has 0 radical (unpaired) electrons. The van der Waals surface area contributed by atoms with Gasteiger partial charge in [-0.05, 0) is 25.1 Å². The molecule has 0 aliphatic heterocycles. The van der Waals surface area contributed by atoms with Gasteiger partial charge in [0.15, 0.2) is 4.34 Å². The van der Waals surface area contributed by atoms with E-state index in [0.717, 1.165) is 25.9 Å². The van der Waals surface area contributed by atoms with Crippen LogP contribution in [0, 0.1) is 0 Å². The van der Waals surface area contributed by atoms with Crippen LogP contribution in [0.5, 0.6) is 5.75 Å². The van der Waals surface area contributed by atoms with Crippen LogP contribution in [0.25, 0.3) is 21.5 Å². The summed E-state index contributed by atoms with van der Waals surface area (Å²) in [4.78, 5) is 28.1. The summed E-state index contributed by atoms with van der Waals surface area (Å²) < 4.78 is 8.78. The lowest BCUT2D eigenvalue weighted by Crippen LogP contribution is -2.19. The van der Waals surface area contributed by atoms with E-state index < -0.39 is 5.91 Å². The largest absolute Gasteiger partial charge is 0.494 e. The first-order chi connectivity index (χ1) is 16.5. The lowest BCUT2D eigenvalue weighted by atomic mass is 10.1. The quantitative estimate of drug-likeness (QED) is 0.198. The molecule has 4 rings (SSSR count). The number of hydrogen-bond acceptors (Lipinski definition) is 8. The van der Waals surface area contributed by atoms with E-state index in [4.69, 9.17) is 10.5 Å². The highest BCUT2D eigenvalue weighted by atomic mass is 32.2. The molecule has 2 amide bonds. The molecular formula is C23H22N6O3S2. The fourth-order valence-electron chi connectivity index (χ4n) is 3.13. The Morgan fingerprint density at radius 3 is 2.85 bits per heavy atom. The van der Waals surface area contributed by atoms with E-state index >= 15 is 0 Å². The van der Waals surface area contributed by atoms with Crippen molar-refractivity contribution in [3.05, 3.63) is 60.3 Å². The summed E-state index contributed by atoms with van der Waals surface area (Å²) in [5.41, 5.74) is 10.8. The van der Waals surface area contributed by atoms with Gasteiger partial charge in [0.05, 0.1) is 28.8 Å². The zero-order valence-electron chi connectivity index (χ0n) is 18.3. The second-order valence-electron chi connectivity index (χ2n) is 7.09. The number of carbonyl (C=O) groups is 2. The topological polar surface area (TPSA) is 124 Å². The van der Waals surface area contributed by atoms with Gasteiger partial charge in [0.25, 0.3) is 5.91 Å². The van der Waals surface area contributed by atoms with Gasteiger partial charge in [0.2, 0.25) is 5.91 Å². The monoisotopic (exact) mass is 494 g/mol. The molecule has 4 aromatic rings. The summed E-state index contributed by atoms with van der Waals surface area (Å²) in [6.07, 6.45) is 3.16. The lowest BCUT2D eigenvalue weighted by molar-refractivity contribution is -0.119. The van der Waals surface area contributed by atoms with E-state index in [9.17, 15) is 9.59 Å². The van der Waals surface area contributed by atoms with Crippen LogP contribution in [0.15, 0.2) is 64.2 Å². The van der Waals surface area contributed by atoms with Crippen LogP contribution in [0.4, 0.5) is 0 Å². The van der Waals surface area contributed by atoms with Crippen molar-refractivity contribution >= 4 is 51.3 Å². The number of rotatable bonds is 10.